The van der Waals surface area contributed by atoms with Crippen molar-refractivity contribution in [1.82, 2.24) is 4.98 Å². The van der Waals surface area contributed by atoms with Crippen molar-refractivity contribution in [3.05, 3.63) is 43.8 Å². The number of nitrogens with one attached hydrogen (secondary N) is 1. The molecule has 0 fully saturated rings. The van der Waals surface area contributed by atoms with Gasteiger partial charge in [0.05, 0.1) is 10.2 Å². The molecule has 22 heavy (non-hydrogen) atoms. The zero-order chi connectivity index (χ0) is 15.5. The molecule has 116 valence electrons. The summed E-state index contributed by atoms with van der Waals surface area (Å²) in [6.45, 7) is 2.91. The summed E-state index contributed by atoms with van der Waals surface area (Å²) in [5.74, 6) is 0.936. The Labute approximate surface area is 146 Å². The fourth-order valence-electron chi connectivity index (χ4n) is 2.28. The molecular formula is C16H16BrClN2OS. The van der Waals surface area contributed by atoms with Crippen LogP contribution in [-0.4, -0.2) is 4.98 Å². The summed E-state index contributed by atoms with van der Waals surface area (Å²) in [4.78, 5) is 5.66. The first-order chi connectivity index (χ1) is 10.7. The number of fused-ring (bicyclic) bond motifs is 1. The Morgan fingerprint density at radius 2 is 2.32 bits per heavy atom. The van der Waals surface area contributed by atoms with Gasteiger partial charge >= 0.3 is 0 Å². The van der Waals surface area contributed by atoms with Crippen LogP contribution in [0.25, 0.3) is 11.1 Å². The van der Waals surface area contributed by atoms with Crippen LogP contribution in [0.1, 0.15) is 30.4 Å². The lowest BCUT2D eigenvalue weighted by Gasteiger charge is -2.05. The predicted molar refractivity (Wildman–Crippen MR) is 97.0 cm³/mol. The fourth-order valence-corrected chi connectivity index (χ4v) is 3.67. The van der Waals surface area contributed by atoms with Crippen molar-refractivity contribution in [2.24, 2.45) is 0 Å². The largest absolute Gasteiger partial charge is 0.456 e. The molecule has 0 spiro atoms. The number of anilines is 1. The van der Waals surface area contributed by atoms with E-state index in [-0.39, 0.29) is 0 Å². The maximum atomic E-state index is 6.16. The summed E-state index contributed by atoms with van der Waals surface area (Å²) >= 11 is 11.5. The first-order valence-electron chi connectivity index (χ1n) is 7.22. The van der Waals surface area contributed by atoms with Gasteiger partial charge in [0, 0.05) is 23.9 Å². The van der Waals surface area contributed by atoms with Crippen LogP contribution < -0.4 is 5.32 Å². The van der Waals surface area contributed by atoms with Crippen LogP contribution in [0, 0.1) is 0 Å². The van der Waals surface area contributed by atoms with E-state index < -0.39 is 0 Å². The molecule has 6 heteroatoms. The third-order valence-electron chi connectivity index (χ3n) is 3.41. The number of aryl methyl sites for hydroxylation is 1. The smallest absolute Gasteiger partial charge is 0.177 e. The minimum Gasteiger partial charge on any atom is -0.456 e. The fraction of sp³-hybridized carbons (Fsp3) is 0.312. The first-order valence-corrected chi connectivity index (χ1v) is 9.27. The molecule has 3 aromatic rings. The summed E-state index contributed by atoms with van der Waals surface area (Å²) in [6, 6.07) is 5.96. The van der Waals surface area contributed by atoms with Gasteiger partial charge in [0.25, 0.3) is 0 Å². The van der Waals surface area contributed by atoms with E-state index in [1.165, 1.54) is 4.88 Å². The van der Waals surface area contributed by atoms with Crippen LogP contribution in [0.3, 0.4) is 0 Å². The van der Waals surface area contributed by atoms with Gasteiger partial charge in [0.15, 0.2) is 5.58 Å². The molecule has 3 heterocycles. The lowest BCUT2D eigenvalue weighted by atomic mass is 10.2. The molecule has 0 saturated heterocycles. The van der Waals surface area contributed by atoms with E-state index in [0.717, 1.165) is 52.8 Å². The van der Waals surface area contributed by atoms with Gasteiger partial charge < -0.3 is 9.73 Å². The Balaban J connectivity index is 1.94. The molecule has 0 aromatic carbocycles. The normalized spacial score (nSPS) is 11.2. The van der Waals surface area contributed by atoms with Gasteiger partial charge in [0.1, 0.15) is 16.4 Å². The maximum Gasteiger partial charge on any atom is 0.177 e. The van der Waals surface area contributed by atoms with Crippen LogP contribution >= 0.6 is 38.9 Å². The van der Waals surface area contributed by atoms with Gasteiger partial charge in [-0.15, -0.1) is 11.3 Å². The number of hydrogen-bond acceptors (Lipinski definition) is 4. The van der Waals surface area contributed by atoms with E-state index >= 15 is 0 Å². The minimum atomic E-state index is 0.463. The molecule has 0 aliphatic rings. The lowest BCUT2D eigenvalue weighted by molar-refractivity contribution is 0.534. The molecule has 0 aliphatic carbocycles. The Kier molecular flexibility index (Phi) is 5.06. The van der Waals surface area contributed by atoms with Gasteiger partial charge in [0.2, 0.25) is 0 Å². The number of rotatable bonds is 6. The second-order valence-electron chi connectivity index (χ2n) is 5.05. The molecule has 0 unspecified atom stereocenters. The highest BCUT2D eigenvalue weighted by atomic mass is 79.9. The minimum absolute atomic E-state index is 0.463. The lowest BCUT2D eigenvalue weighted by Crippen LogP contribution is -1.98. The number of nitrogens with zero attached hydrogens (tertiary/aromatic N) is 1. The molecule has 0 bridgehead atoms. The topological polar surface area (TPSA) is 38.1 Å². The summed E-state index contributed by atoms with van der Waals surface area (Å²) in [5.41, 5.74) is 2.43. The van der Waals surface area contributed by atoms with Crippen LogP contribution in [0.4, 0.5) is 5.69 Å². The monoisotopic (exact) mass is 398 g/mol. The molecule has 0 amide bonds. The Hall–Kier alpha value is -1.04. The van der Waals surface area contributed by atoms with E-state index in [4.69, 9.17) is 16.0 Å². The van der Waals surface area contributed by atoms with Gasteiger partial charge in [-0.1, -0.05) is 31.0 Å². The summed E-state index contributed by atoms with van der Waals surface area (Å²) in [6.07, 6.45) is 3.11. The molecule has 3 rings (SSSR count). The van der Waals surface area contributed by atoms with Crippen LogP contribution in [-0.2, 0) is 13.0 Å². The summed E-state index contributed by atoms with van der Waals surface area (Å²) in [5, 5.41) is 5.93. The van der Waals surface area contributed by atoms with Crippen molar-refractivity contribution in [3.63, 3.8) is 0 Å². The standard InChI is InChI=1S/C16H16BrClN2OS/c1-2-3-6-12-14(17)15-16(21-12)11(8-13(18)20-15)19-9-10-5-4-7-22-10/h4-5,7-8H,2-3,6,9H2,1H3,(H,19,20). The maximum absolute atomic E-state index is 6.16. The number of hydrogen-bond donors (Lipinski definition) is 1. The average Bonchev–Trinajstić information content (AvgIpc) is 3.12. The molecule has 0 saturated carbocycles. The number of pyridine rings is 1. The Morgan fingerprint density at radius 1 is 1.45 bits per heavy atom. The quantitative estimate of drug-likeness (QED) is 0.497. The van der Waals surface area contributed by atoms with E-state index in [0.29, 0.717) is 5.15 Å². The average molecular weight is 400 g/mol. The van der Waals surface area contributed by atoms with Gasteiger partial charge in [-0.25, -0.2) is 4.98 Å². The molecule has 0 radical (unpaired) electrons. The van der Waals surface area contributed by atoms with Crippen LogP contribution in [0.2, 0.25) is 5.15 Å². The molecule has 3 aromatic heterocycles. The van der Waals surface area contributed by atoms with Gasteiger partial charge in [-0.3, -0.25) is 0 Å². The summed E-state index contributed by atoms with van der Waals surface area (Å²) in [7, 11) is 0. The molecule has 0 atom stereocenters. The number of aromatic nitrogens is 1. The van der Waals surface area contributed by atoms with Crippen LogP contribution in [0.5, 0.6) is 0 Å². The third kappa shape index (κ3) is 3.31. The number of halogens is 2. The van der Waals surface area contributed by atoms with Crippen molar-refractivity contribution in [3.8, 4) is 0 Å². The third-order valence-corrected chi connectivity index (χ3v) is 5.30. The van der Waals surface area contributed by atoms with E-state index in [2.05, 4.69) is 44.6 Å². The highest BCUT2D eigenvalue weighted by Gasteiger charge is 2.17. The van der Waals surface area contributed by atoms with E-state index in [1.807, 2.05) is 12.1 Å². The van der Waals surface area contributed by atoms with Crippen molar-refractivity contribution in [2.45, 2.75) is 32.7 Å². The Bertz CT molecular complexity index is 770. The van der Waals surface area contributed by atoms with E-state index in [9.17, 15) is 0 Å². The predicted octanol–water partition coefficient (Wildman–Crippen LogP) is 6.26. The summed E-state index contributed by atoms with van der Waals surface area (Å²) < 4.78 is 6.94. The highest BCUT2D eigenvalue weighted by Crippen LogP contribution is 2.36. The van der Waals surface area contributed by atoms with Crippen molar-refractivity contribution in [1.29, 1.82) is 0 Å². The SMILES string of the molecule is CCCCc1oc2c(NCc3cccs3)cc(Cl)nc2c1Br. The number of thiophene rings is 1. The number of unbranched alkanes of at least 4 members (excludes halogenated alkanes) is 1. The van der Waals surface area contributed by atoms with Crippen molar-refractivity contribution in [2.75, 3.05) is 5.32 Å². The van der Waals surface area contributed by atoms with Gasteiger partial charge in [-0.05, 0) is 33.8 Å². The molecule has 1 N–H and O–H groups in total. The Morgan fingerprint density at radius 3 is 3.05 bits per heavy atom. The molecular weight excluding hydrogens is 384 g/mol. The van der Waals surface area contributed by atoms with Crippen molar-refractivity contribution >= 4 is 55.7 Å². The first kappa shape index (κ1) is 15.8. The second kappa shape index (κ2) is 7.02. The molecule has 3 nitrogen and oxygen atoms in total. The van der Waals surface area contributed by atoms with Crippen LogP contribution in [0.15, 0.2) is 32.5 Å². The zero-order valence-corrected chi connectivity index (χ0v) is 15.3. The zero-order valence-electron chi connectivity index (χ0n) is 12.2. The van der Waals surface area contributed by atoms with Crippen molar-refractivity contribution < 1.29 is 4.42 Å². The number of furan rings is 1. The highest BCUT2D eigenvalue weighted by molar-refractivity contribution is 9.10. The second-order valence-corrected chi connectivity index (χ2v) is 7.26. The van der Waals surface area contributed by atoms with E-state index in [1.54, 1.807) is 11.3 Å². The van der Waals surface area contributed by atoms with Gasteiger partial charge in [-0.2, -0.15) is 0 Å². The molecule has 0 aliphatic heterocycles.